The number of hydrogen-bond acceptors (Lipinski definition) is 2. The van der Waals surface area contributed by atoms with Crippen LogP contribution < -0.4 is 0 Å². The molecule has 0 radical (unpaired) electrons. The standard InChI is InChI=1S/C14H26O2/c1-10(9-15)11-5-3-6-12-13(16)7-4-8-14(11,12)2/h10-13,15-16H,3-9H2,1-2H3/t10-,11?,12?,13+,14-/m1/s1. The van der Waals surface area contributed by atoms with E-state index in [0.717, 1.165) is 12.8 Å². The molecule has 2 rings (SSSR count). The summed E-state index contributed by atoms with van der Waals surface area (Å²) in [4.78, 5) is 0. The normalized spacial score (nSPS) is 46.1. The quantitative estimate of drug-likeness (QED) is 0.760. The molecule has 94 valence electrons. The Morgan fingerprint density at radius 3 is 2.69 bits per heavy atom. The Bertz CT molecular complexity index is 241. The van der Waals surface area contributed by atoms with E-state index in [9.17, 15) is 10.2 Å². The van der Waals surface area contributed by atoms with Crippen LogP contribution in [0.2, 0.25) is 0 Å². The zero-order valence-electron chi connectivity index (χ0n) is 10.7. The van der Waals surface area contributed by atoms with Gasteiger partial charge in [0.1, 0.15) is 0 Å². The highest BCUT2D eigenvalue weighted by Gasteiger charge is 2.49. The molecule has 0 saturated heterocycles. The molecule has 2 unspecified atom stereocenters. The van der Waals surface area contributed by atoms with E-state index in [2.05, 4.69) is 13.8 Å². The molecule has 2 N–H and O–H groups in total. The van der Waals surface area contributed by atoms with Crippen molar-refractivity contribution in [2.24, 2.45) is 23.2 Å². The molecular weight excluding hydrogens is 200 g/mol. The second kappa shape index (κ2) is 4.66. The van der Waals surface area contributed by atoms with E-state index in [-0.39, 0.29) is 11.5 Å². The molecule has 0 amide bonds. The van der Waals surface area contributed by atoms with Gasteiger partial charge in [-0.05, 0) is 48.9 Å². The average molecular weight is 226 g/mol. The van der Waals surface area contributed by atoms with Gasteiger partial charge in [0.2, 0.25) is 0 Å². The van der Waals surface area contributed by atoms with Crippen LogP contribution in [0.3, 0.4) is 0 Å². The molecule has 2 fully saturated rings. The van der Waals surface area contributed by atoms with Crippen molar-refractivity contribution < 1.29 is 10.2 Å². The highest BCUT2D eigenvalue weighted by atomic mass is 16.3. The Labute approximate surface area is 99.1 Å². The molecule has 5 atom stereocenters. The number of hydrogen-bond donors (Lipinski definition) is 2. The topological polar surface area (TPSA) is 40.5 Å². The predicted octanol–water partition coefficient (Wildman–Crippen LogP) is 2.58. The number of rotatable bonds is 2. The molecule has 0 spiro atoms. The average Bonchev–Trinajstić information content (AvgIpc) is 2.27. The molecule has 2 aliphatic rings. The van der Waals surface area contributed by atoms with Crippen LogP contribution in [-0.2, 0) is 0 Å². The van der Waals surface area contributed by atoms with Crippen molar-refractivity contribution in [2.45, 2.75) is 58.5 Å². The molecule has 0 aromatic heterocycles. The Balaban J connectivity index is 2.20. The van der Waals surface area contributed by atoms with Gasteiger partial charge in [-0.15, -0.1) is 0 Å². The van der Waals surface area contributed by atoms with Gasteiger partial charge in [0.15, 0.2) is 0 Å². The van der Waals surface area contributed by atoms with E-state index in [1.807, 2.05) is 0 Å². The van der Waals surface area contributed by atoms with E-state index in [0.29, 0.717) is 24.4 Å². The summed E-state index contributed by atoms with van der Waals surface area (Å²) in [5.74, 6) is 1.47. The minimum Gasteiger partial charge on any atom is -0.396 e. The molecule has 2 heteroatoms. The van der Waals surface area contributed by atoms with Crippen LogP contribution >= 0.6 is 0 Å². The first-order chi connectivity index (χ1) is 7.59. The predicted molar refractivity (Wildman–Crippen MR) is 65.0 cm³/mol. The fourth-order valence-electron chi connectivity index (χ4n) is 4.45. The Morgan fingerprint density at radius 2 is 2.00 bits per heavy atom. The number of aliphatic hydroxyl groups excluding tert-OH is 2. The van der Waals surface area contributed by atoms with Crippen molar-refractivity contribution in [2.75, 3.05) is 6.61 Å². The van der Waals surface area contributed by atoms with Crippen LogP contribution in [0.5, 0.6) is 0 Å². The molecule has 0 heterocycles. The van der Waals surface area contributed by atoms with Crippen LogP contribution in [0, 0.1) is 23.2 Å². The number of aliphatic hydroxyl groups is 2. The van der Waals surface area contributed by atoms with Crippen LogP contribution in [0.1, 0.15) is 52.4 Å². The summed E-state index contributed by atoms with van der Waals surface area (Å²) in [5, 5.41) is 19.6. The Kier molecular flexibility index (Phi) is 3.60. The first kappa shape index (κ1) is 12.4. The van der Waals surface area contributed by atoms with Crippen molar-refractivity contribution in [3.63, 3.8) is 0 Å². The van der Waals surface area contributed by atoms with Gasteiger partial charge in [-0.3, -0.25) is 0 Å². The summed E-state index contributed by atoms with van der Waals surface area (Å²) < 4.78 is 0. The molecule has 2 saturated carbocycles. The van der Waals surface area contributed by atoms with E-state index in [1.165, 1.54) is 25.7 Å². The zero-order chi connectivity index (χ0) is 11.8. The summed E-state index contributed by atoms with van der Waals surface area (Å²) in [6.07, 6.45) is 6.94. The van der Waals surface area contributed by atoms with E-state index < -0.39 is 0 Å². The van der Waals surface area contributed by atoms with Gasteiger partial charge in [-0.2, -0.15) is 0 Å². The third-order valence-electron chi connectivity index (χ3n) is 5.38. The Morgan fingerprint density at radius 1 is 1.25 bits per heavy atom. The lowest BCUT2D eigenvalue weighted by molar-refractivity contribution is -0.0967. The maximum absolute atomic E-state index is 10.2. The summed E-state index contributed by atoms with van der Waals surface area (Å²) in [5.41, 5.74) is 0.276. The molecule has 2 nitrogen and oxygen atoms in total. The lowest BCUT2D eigenvalue weighted by atomic mass is 9.52. The fraction of sp³-hybridized carbons (Fsp3) is 1.00. The summed E-state index contributed by atoms with van der Waals surface area (Å²) in [6, 6.07) is 0. The van der Waals surface area contributed by atoms with Gasteiger partial charge >= 0.3 is 0 Å². The van der Waals surface area contributed by atoms with Gasteiger partial charge in [0.05, 0.1) is 6.10 Å². The maximum Gasteiger partial charge on any atom is 0.0573 e. The number of fused-ring (bicyclic) bond motifs is 1. The van der Waals surface area contributed by atoms with Crippen LogP contribution in [0.25, 0.3) is 0 Å². The van der Waals surface area contributed by atoms with Crippen molar-refractivity contribution in [1.82, 2.24) is 0 Å². The third-order valence-corrected chi connectivity index (χ3v) is 5.38. The van der Waals surface area contributed by atoms with Gasteiger partial charge in [0.25, 0.3) is 0 Å². The first-order valence-corrected chi connectivity index (χ1v) is 6.88. The molecule has 0 aromatic carbocycles. The Hall–Kier alpha value is -0.0800. The van der Waals surface area contributed by atoms with Crippen LogP contribution in [0.15, 0.2) is 0 Å². The van der Waals surface area contributed by atoms with E-state index in [1.54, 1.807) is 0 Å². The summed E-state index contributed by atoms with van der Waals surface area (Å²) in [7, 11) is 0. The fourth-order valence-corrected chi connectivity index (χ4v) is 4.45. The largest absolute Gasteiger partial charge is 0.396 e. The lowest BCUT2D eigenvalue weighted by Crippen LogP contribution is -2.49. The van der Waals surface area contributed by atoms with Gasteiger partial charge in [0, 0.05) is 6.61 Å². The minimum absolute atomic E-state index is 0.0903. The second-order valence-electron chi connectivity index (χ2n) is 6.27. The lowest BCUT2D eigenvalue weighted by Gasteiger charge is -2.54. The monoisotopic (exact) mass is 226 g/mol. The van der Waals surface area contributed by atoms with Gasteiger partial charge in [-0.25, -0.2) is 0 Å². The van der Waals surface area contributed by atoms with Gasteiger partial charge in [-0.1, -0.05) is 26.7 Å². The molecule has 2 aliphatic carbocycles. The summed E-state index contributed by atoms with van der Waals surface area (Å²) >= 11 is 0. The maximum atomic E-state index is 10.2. The molecular formula is C14H26O2. The van der Waals surface area contributed by atoms with Crippen LogP contribution in [-0.4, -0.2) is 22.9 Å². The minimum atomic E-state index is -0.0903. The van der Waals surface area contributed by atoms with Crippen molar-refractivity contribution in [3.05, 3.63) is 0 Å². The highest BCUT2D eigenvalue weighted by Crippen LogP contribution is 2.55. The molecule has 0 bridgehead atoms. The zero-order valence-corrected chi connectivity index (χ0v) is 10.7. The van der Waals surface area contributed by atoms with E-state index >= 15 is 0 Å². The molecule has 0 aromatic rings. The smallest absolute Gasteiger partial charge is 0.0573 e. The summed E-state index contributed by atoms with van der Waals surface area (Å²) in [6.45, 7) is 4.82. The van der Waals surface area contributed by atoms with Crippen molar-refractivity contribution in [1.29, 1.82) is 0 Å². The molecule has 16 heavy (non-hydrogen) atoms. The van der Waals surface area contributed by atoms with Crippen molar-refractivity contribution >= 4 is 0 Å². The first-order valence-electron chi connectivity index (χ1n) is 6.88. The highest BCUT2D eigenvalue weighted by molar-refractivity contribution is 4.99. The SMILES string of the molecule is C[C@H](CO)C1CCCC2[C@@H](O)CCC[C@]12C. The van der Waals surface area contributed by atoms with Gasteiger partial charge < -0.3 is 10.2 Å². The molecule has 0 aliphatic heterocycles. The second-order valence-corrected chi connectivity index (χ2v) is 6.27. The third kappa shape index (κ3) is 1.91. The van der Waals surface area contributed by atoms with Crippen molar-refractivity contribution in [3.8, 4) is 0 Å². The van der Waals surface area contributed by atoms with E-state index in [4.69, 9.17) is 0 Å². The van der Waals surface area contributed by atoms with Crippen LogP contribution in [0.4, 0.5) is 0 Å².